The summed E-state index contributed by atoms with van der Waals surface area (Å²) in [7, 11) is 0. The average molecular weight is 268 g/mol. The number of rotatable bonds is 6. The zero-order valence-electron chi connectivity index (χ0n) is 10.9. The van der Waals surface area contributed by atoms with Crippen LogP contribution in [-0.2, 0) is 4.79 Å². The zero-order chi connectivity index (χ0) is 14.4. The number of amides is 1. The minimum atomic E-state index is -1.25. The molecule has 0 unspecified atom stereocenters. The molecule has 0 radical (unpaired) electrons. The van der Waals surface area contributed by atoms with Crippen LogP contribution in [0.3, 0.4) is 0 Å². The largest absolute Gasteiger partial charge is 0.478 e. The van der Waals surface area contributed by atoms with Crippen molar-refractivity contribution in [2.75, 3.05) is 18.4 Å². The van der Waals surface area contributed by atoms with Crippen molar-refractivity contribution in [2.45, 2.75) is 13.8 Å². The Hall–Kier alpha value is -2.11. The molecule has 104 valence electrons. The van der Waals surface area contributed by atoms with Crippen LogP contribution in [0.5, 0.6) is 0 Å². The number of benzene rings is 1. The maximum atomic E-state index is 13.5. The molecule has 0 aliphatic rings. The summed E-state index contributed by atoms with van der Waals surface area (Å²) < 4.78 is 13.5. The Bertz CT molecular complexity index is 475. The van der Waals surface area contributed by atoms with Gasteiger partial charge in [-0.1, -0.05) is 19.9 Å². The highest BCUT2D eigenvalue weighted by molar-refractivity contribution is 5.95. The van der Waals surface area contributed by atoms with Crippen molar-refractivity contribution in [3.63, 3.8) is 0 Å². The second-order valence-electron chi connectivity index (χ2n) is 4.52. The van der Waals surface area contributed by atoms with E-state index in [1.54, 1.807) is 0 Å². The number of hydrogen-bond donors (Lipinski definition) is 3. The summed E-state index contributed by atoms with van der Waals surface area (Å²) in [6, 6.07) is 3.73. The van der Waals surface area contributed by atoms with Gasteiger partial charge >= 0.3 is 5.97 Å². The summed E-state index contributed by atoms with van der Waals surface area (Å²) >= 11 is 0. The second-order valence-corrected chi connectivity index (χ2v) is 4.52. The molecule has 0 spiro atoms. The Morgan fingerprint density at radius 1 is 1.37 bits per heavy atom. The molecule has 5 nitrogen and oxygen atoms in total. The molecule has 19 heavy (non-hydrogen) atoms. The molecule has 0 aromatic heterocycles. The van der Waals surface area contributed by atoms with E-state index in [-0.39, 0.29) is 23.7 Å². The van der Waals surface area contributed by atoms with Crippen molar-refractivity contribution in [2.24, 2.45) is 5.92 Å². The standard InChI is InChI=1S/C13H17FN2O3/c1-8(2)6-15-11(17)7-16-12-9(13(18)19)4-3-5-10(12)14/h3-5,8,16H,6-7H2,1-2H3,(H,15,17)(H,18,19). The third-order valence-electron chi connectivity index (χ3n) is 2.38. The van der Waals surface area contributed by atoms with Gasteiger partial charge in [0.2, 0.25) is 5.91 Å². The Balaban J connectivity index is 2.67. The number of halogens is 1. The SMILES string of the molecule is CC(C)CNC(=O)CNc1c(F)cccc1C(=O)O. The van der Waals surface area contributed by atoms with E-state index in [2.05, 4.69) is 10.6 Å². The molecule has 0 bridgehead atoms. The quantitative estimate of drug-likeness (QED) is 0.734. The monoisotopic (exact) mass is 268 g/mol. The number of anilines is 1. The van der Waals surface area contributed by atoms with Crippen molar-refractivity contribution in [1.82, 2.24) is 5.32 Å². The van der Waals surface area contributed by atoms with Crippen LogP contribution >= 0.6 is 0 Å². The highest BCUT2D eigenvalue weighted by Crippen LogP contribution is 2.19. The molecule has 0 atom stereocenters. The van der Waals surface area contributed by atoms with Crippen LogP contribution in [0.25, 0.3) is 0 Å². The van der Waals surface area contributed by atoms with Crippen molar-refractivity contribution < 1.29 is 19.1 Å². The van der Waals surface area contributed by atoms with Gasteiger partial charge in [-0.25, -0.2) is 9.18 Å². The van der Waals surface area contributed by atoms with Crippen LogP contribution in [0.1, 0.15) is 24.2 Å². The normalized spacial score (nSPS) is 10.3. The number of aromatic carboxylic acids is 1. The fourth-order valence-corrected chi connectivity index (χ4v) is 1.43. The van der Waals surface area contributed by atoms with Gasteiger partial charge in [-0.3, -0.25) is 4.79 Å². The third-order valence-corrected chi connectivity index (χ3v) is 2.38. The summed E-state index contributed by atoms with van der Waals surface area (Å²) in [5.74, 6) is -1.94. The van der Waals surface area contributed by atoms with Crippen molar-refractivity contribution >= 4 is 17.6 Å². The van der Waals surface area contributed by atoms with Crippen molar-refractivity contribution in [1.29, 1.82) is 0 Å². The lowest BCUT2D eigenvalue weighted by atomic mass is 10.1. The molecular weight excluding hydrogens is 251 g/mol. The first kappa shape index (κ1) is 14.9. The number of carbonyl (C=O) groups is 2. The maximum absolute atomic E-state index is 13.5. The van der Waals surface area contributed by atoms with Crippen molar-refractivity contribution in [3.8, 4) is 0 Å². The van der Waals surface area contributed by atoms with Crippen molar-refractivity contribution in [3.05, 3.63) is 29.6 Å². The number of carboxylic acids is 1. The lowest BCUT2D eigenvalue weighted by molar-refractivity contribution is -0.119. The predicted molar refractivity (Wildman–Crippen MR) is 69.7 cm³/mol. The van der Waals surface area contributed by atoms with E-state index in [4.69, 9.17) is 5.11 Å². The molecular formula is C13H17FN2O3. The smallest absolute Gasteiger partial charge is 0.337 e. The Kier molecular flexibility index (Phi) is 5.29. The van der Waals surface area contributed by atoms with Crippen LogP contribution in [0.2, 0.25) is 0 Å². The maximum Gasteiger partial charge on any atom is 0.337 e. The van der Waals surface area contributed by atoms with E-state index in [0.29, 0.717) is 12.5 Å². The number of para-hydroxylation sites is 1. The Morgan fingerprint density at radius 3 is 2.63 bits per heavy atom. The number of carboxylic acid groups (broad SMARTS) is 1. The summed E-state index contributed by atoms with van der Waals surface area (Å²) in [6.07, 6.45) is 0. The fourth-order valence-electron chi connectivity index (χ4n) is 1.43. The van der Waals surface area contributed by atoms with Gasteiger partial charge in [0.25, 0.3) is 0 Å². The van der Waals surface area contributed by atoms with Gasteiger partial charge in [0.05, 0.1) is 17.8 Å². The topological polar surface area (TPSA) is 78.4 Å². The molecule has 0 saturated heterocycles. The van der Waals surface area contributed by atoms with Crippen LogP contribution in [0.15, 0.2) is 18.2 Å². The first-order valence-corrected chi connectivity index (χ1v) is 5.94. The van der Waals surface area contributed by atoms with Gasteiger partial charge in [0.1, 0.15) is 5.82 Å². The van der Waals surface area contributed by atoms with Gasteiger partial charge in [-0.2, -0.15) is 0 Å². The highest BCUT2D eigenvalue weighted by atomic mass is 19.1. The molecule has 0 aliphatic carbocycles. The molecule has 0 saturated carbocycles. The zero-order valence-corrected chi connectivity index (χ0v) is 10.9. The van der Waals surface area contributed by atoms with Gasteiger partial charge < -0.3 is 15.7 Å². The summed E-state index contributed by atoms with van der Waals surface area (Å²) in [4.78, 5) is 22.4. The minimum Gasteiger partial charge on any atom is -0.478 e. The molecule has 1 rings (SSSR count). The van der Waals surface area contributed by atoms with Crippen LogP contribution < -0.4 is 10.6 Å². The van der Waals surface area contributed by atoms with E-state index < -0.39 is 11.8 Å². The summed E-state index contributed by atoms with van der Waals surface area (Å²) in [5.41, 5.74) is -0.369. The molecule has 6 heteroatoms. The van der Waals surface area contributed by atoms with Gasteiger partial charge in [0.15, 0.2) is 0 Å². The fraction of sp³-hybridized carbons (Fsp3) is 0.385. The lowest BCUT2D eigenvalue weighted by Crippen LogP contribution is -2.33. The highest BCUT2D eigenvalue weighted by Gasteiger charge is 2.14. The molecule has 0 heterocycles. The lowest BCUT2D eigenvalue weighted by Gasteiger charge is -2.11. The number of carbonyl (C=O) groups excluding carboxylic acids is 1. The van der Waals surface area contributed by atoms with Crippen LogP contribution in [0, 0.1) is 11.7 Å². The van der Waals surface area contributed by atoms with Gasteiger partial charge in [-0.15, -0.1) is 0 Å². The van der Waals surface area contributed by atoms with Gasteiger partial charge in [-0.05, 0) is 18.1 Å². The van der Waals surface area contributed by atoms with E-state index in [1.165, 1.54) is 12.1 Å². The van der Waals surface area contributed by atoms with E-state index in [0.717, 1.165) is 6.07 Å². The first-order valence-electron chi connectivity index (χ1n) is 5.94. The third kappa shape index (κ3) is 4.57. The van der Waals surface area contributed by atoms with E-state index in [1.807, 2.05) is 13.8 Å². The minimum absolute atomic E-state index is 0.172. The second kappa shape index (κ2) is 6.72. The Morgan fingerprint density at radius 2 is 2.05 bits per heavy atom. The van der Waals surface area contributed by atoms with Crippen LogP contribution in [0.4, 0.5) is 10.1 Å². The predicted octanol–water partition coefficient (Wildman–Crippen LogP) is 1.71. The molecule has 1 aromatic carbocycles. The molecule has 0 aliphatic heterocycles. The number of hydrogen-bond acceptors (Lipinski definition) is 3. The van der Waals surface area contributed by atoms with Gasteiger partial charge in [0, 0.05) is 6.54 Å². The van der Waals surface area contributed by atoms with E-state index >= 15 is 0 Å². The van der Waals surface area contributed by atoms with E-state index in [9.17, 15) is 14.0 Å². The Labute approximate surface area is 110 Å². The molecule has 3 N–H and O–H groups in total. The molecule has 1 amide bonds. The summed E-state index contributed by atoms with van der Waals surface area (Å²) in [6.45, 7) is 4.25. The number of nitrogens with one attached hydrogen (secondary N) is 2. The molecule has 0 fully saturated rings. The van der Waals surface area contributed by atoms with Crippen LogP contribution in [-0.4, -0.2) is 30.1 Å². The average Bonchev–Trinajstić information content (AvgIpc) is 2.34. The summed E-state index contributed by atoms with van der Waals surface area (Å²) in [5, 5.41) is 14.1. The first-order chi connectivity index (χ1) is 8.91. The molecule has 1 aromatic rings.